The van der Waals surface area contributed by atoms with Gasteiger partial charge < -0.3 is 14.8 Å². The van der Waals surface area contributed by atoms with Crippen LogP contribution in [0.25, 0.3) is 10.9 Å². The molecule has 0 bridgehead atoms. The molecule has 1 aromatic heterocycles. The monoisotopic (exact) mass is 264 g/mol. The van der Waals surface area contributed by atoms with Crippen LogP contribution in [0.3, 0.4) is 0 Å². The van der Waals surface area contributed by atoms with Crippen molar-refractivity contribution >= 4 is 16.9 Å². The molecule has 7 heteroatoms. The van der Waals surface area contributed by atoms with Gasteiger partial charge in [0.15, 0.2) is 0 Å². The number of aromatic amines is 1. The maximum absolute atomic E-state index is 12.1. The second-order valence-corrected chi connectivity index (χ2v) is 3.95. The zero-order valence-electron chi connectivity index (χ0n) is 10.2. The summed E-state index contributed by atoms with van der Waals surface area (Å²) in [6.45, 7) is 0.378. The second-order valence-electron chi connectivity index (χ2n) is 3.95. The molecule has 0 aliphatic rings. The number of aromatic carboxylic acids is 1. The summed E-state index contributed by atoms with van der Waals surface area (Å²) >= 11 is 0. The van der Waals surface area contributed by atoms with E-state index in [9.17, 15) is 14.4 Å². The molecule has 0 aliphatic carbocycles. The lowest BCUT2D eigenvalue weighted by atomic mass is 10.1. The molecule has 0 aliphatic heterocycles. The molecule has 2 aromatic rings. The molecule has 2 N–H and O–H groups in total. The molecule has 2 rings (SSSR count). The van der Waals surface area contributed by atoms with Gasteiger partial charge in [-0.25, -0.2) is 9.59 Å². The Morgan fingerprint density at radius 2 is 2.16 bits per heavy atom. The Labute approximate surface area is 107 Å². The van der Waals surface area contributed by atoms with Gasteiger partial charge >= 0.3 is 11.7 Å². The number of carboxylic acids is 1. The SMILES string of the molecule is COCCn1c(=O)[nH]c2cc(C(=O)O)ccc2c1=O. The molecule has 0 fully saturated rings. The van der Waals surface area contributed by atoms with Crippen LogP contribution in [0.2, 0.25) is 0 Å². The molecule has 7 nitrogen and oxygen atoms in total. The predicted octanol–water partition coefficient (Wildman–Crippen LogP) is 0.0344. The molecule has 0 amide bonds. The van der Waals surface area contributed by atoms with Crippen LogP contribution in [-0.2, 0) is 11.3 Å². The number of hydrogen-bond donors (Lipinski definition) is 2. The number of rotatable bonds is 4. The minimum Gasteiger partial charge on any atom is -0.478 e. The van der Waals surface area contributed by atoms with E-state index in [0.29, 0.717) is 0 Å². The molecule has 0 atom stereocenters. The van der Waals surface area contributed by atoms with E-state index in [-0.39, 0.29) is 29.6 Å². The number of nitrogens with zero attached hydrogens (tertiary/aromatic N) is 1. The van der Waals surface area contributed by atoms with Crippen molar-refractivity contribution in [2.45, 2.75) is 6.54 Å². The van der Waals surface area contributed by atoms with E-state index in [1.807, 2.05) is 0 Å². The molecular formula is C12H12N2O5. The van der Waals surface area contributed by atoms with Gasteiger partial charge in [0.1, 0.15) is 0 Å². The van der Waals surface area contributed by atoms with Crippen molar-refractivity contribution in [3.8, 4) is 0 Å². The maximum atomic E-state index is 12.1. The third kappa shape index (κ3) is 2.41. The van der Waals surface area contributed by atoms with E-state index < -0.39 is 17.2 Å². The van der Waals surface area contributed by atoms with Crippen LogP contribution in [0.5, 0.6) is 0 Å². The number of fused-ring (bicyclic) bond motifs is 1. The standard InChI is InChI=1S/C12H12N2O5/c1-19-5-4-14-10(15)8-3-2-7(11(16)17)6-9(8)13-12(14)18/h2-3,6H,4-5H2,1H3,(H,13,18)(H,16,17). The summed E-state index contributed by atoms with van der Waals surface area (Å²) in [6.07, 6.45) is 0. The van der Waals surface area contributed by atoms with Crippen molar-refractivity contribution in [1.82, 2.24) is 9.55 Å². The molecule has 0 spiro atoms. The van der Waals surface area contributed by atoms with Crippen LogP contribution < -0.4 is 11.2 Å². The Kier molecular flexibility index (Phi) is 3.48. The third-order valence-electron chi connectivity index (χ3n) is 2.75. The van der Waals surface area contributed by atoms with Crippen molar-refractivity contribution < 1.29 is 14.6 Å². The number of carbonyl (C=O) groups is 1. The summed E-state index contributed by atoms with van der Waals surface area (Å²) in [6, 6.07) is 3.98. The molecule has 0 saturated carbocycles. The first-order valence-corrected chi connectivity index (χ1v) is 5.53. The van der Waals surface area contributed by atoms with Gasteiger partial charge in [0.2, 0.25) is 0 Å². The Hall–Kier alpha value is -2.41. The molecule has 0 unspecified atom stereocenters. The molecule has 1 aromatic carbocycles. The minimum absolute atomic E-state index is 0.0113. The fraction of sp³-hybridized carbons (Fsp3) is 0.250. The highest BCUT2D eigenvalue weighted by molar-refractivity contribution is 5.92. The molecule has 0 saturated heterocycles. The fourth-order valence-corrected chi connectivity index (χ4v) is 1.77. The Bertz CT molecular complexity index is 744. The highest BCUT2D eigenvalue weighted by Gasteiger charge is 2.10. The first-order chi connectivity index (χ1) is 9.04. The Balaban J connectivity index is 2.66. The van der Waals surface area contributed by atoms with Gasteiger partial charge in [0.05, 0.1) is 29.6 Å². The fourth-order valence-electron chi connectivity index (χ4n) is 1.77. The maximum Gasteiger partial charge on any atom is 0.335 e. The highest BCUT2D eigenvalue weighted by Crippen LogP contribution is 2.08. The number of aromatic nitrogens is 2. The number of H-pyrrole nitrogens is 1. The zero-order chi connectivity index (χ0) is 14.0. The summed E-state index contributed by atoms with van der Waals surface area (Å²) in [5.74, 6) is -1.12. The van der Waals surface area contributed by atoms with Crippen molar-refractivity contribution in [3.63, 3.8) is 0 Å². The second kappa shape index (κ2) is 5.07. The lowest BCUT2D eigenvalue weighted by Crippen LogP contribution is -2.36. The number of methoxy groups -OCH3 is 1. The van der Waals surface area contributed by atoms with E-state index in [0.717, 1.165) is 4.57 Å². The van der Waals surface area contributed by atoms with Gasteiger partial charge in [-0.2, -0.15) is 0 Å². The number of carboxylic acid groups (broad SMARTS) is 1. The Morgan fingerprint density at radius 1 is 1.42 bits per heavy atom. The topological polar surface area (TPSA) is 101 Å². The van der Waals surface area contributed by atoms with Gasteiger partial charge in [-0.3, -0.25) is 9.36 Å². The summed E-state index contributed by atoms with van der Waals surface area (Å²) in [7, 11) is 1.47. The van der Waals surface area contributed by atoms with E-state index >= 15 is 0 Å². The Morgan fingerprint density at radius 3 is 2.79 bits per heavy atom. The normalized spacial score (nSPS) is 10.8. The van der Waals surface area contributed by atoms with Gasteiger partial charge in [0.25, 0.3) is 5.56 Å². The first-order valence-electron chi connectivity index (χ1n) is 5.53. The molecule has 19 heavy (non-hydrogen) atoms. The van der Waals surface area contributed by atoms with E-state index in [1.54, 1.807) is 0 Å². The van der Waals surface area contributed by atoms with Crippen LogP contribution in [0, 0.1) is 0 Å². The average Bonchev–Trinajstić information content (AvgIpc) is 2.37. The summed E-state index contributed by atoms with van der Waals surface area (Å²) in [5.41, 5.74) is -0.828. The molecular weight excluding hydrogens is 252 g/mol. The lowest BCUT2D eigenvalue weighted by Gasteiger charge is -2.06. The number of hydrogen-bond acceptors (Lipinski definition) is 4. The van der Waals surface area contributed by atoms with Crippen LogP contribution in [0.4, 0.5) is 0 Å². The van der Waals surface area contributed by atoms with Crippen LogP contribution >= 0.6 is 0 Å². The lowest BCUT2D eigenvalue weighted by molar-refractivity contribution is 0.0697. The van der Waals surface area contributed by atoms with Crippen LogP contribution in [0.1, 0.15) is 10.4 Å². The molecule has 0 radical (unpaired) electrons. The number of nitrogens with one attached hydrogen (secondary N) is 1. The van der Waals surface area contributed by atoms with Gasteiger partial charge in [-0.05, 0) is 18.2 Å². The number of benzene rings is 1. The van der Waals surface area contributed by atoms with Crippen molar-refractivity contribution in [2.75, 3.05) is 13.7 Å². The molecule has 100 valence electrons. The van der Waals surface area contributed by atoms with Crippen molar-refractivity contribution in [3.05, 3.63) is 44.6 Å². The quantitative estimate of drug-likeness (QED) is 0.811. The van der Waals surface area contributed by atoms with Crippen LogP contribution in [-0.4, -0.2) is 34.3 Å². The van der Waals surface area contributed by atoms with Crippen LogP contribution in [0.15, 0.2) is 27.8 Å². The summed E-state index contributed by atoms with van der Waals surface area (Å²) in [4.78, 5) is 37.1. The first kappa shape index (κ1) is 13.0. The van der Waals surface area contributed by atoms with Crippen molar-refractivity contribution in [2.24, 2.45) is 0 Å². The largest absolute Gasteiger partial charge is 0.478 e. The number of ether oxygens (including phenoxy) is 1. The smallest absolute Gasteiger partial charge is 0.335 e. The minimum atomic E-state index is -1.12. The van der Waals surface area contributed by atoms with E-state index in [2.05, 4.69) is 4.98 Å². The van der Waals surface area contributed by atoms with E-state index in [1.165, 1.54) is 25.3 Å². The predicted molar refractivity (Wildman–Crippen MR) is 67.7 cm³/mol. The van der Waals surface area contributed by atoms with Gasteiger partial charge in [-0.1, -0.05) is 0 Å². The average molecular weight is 264 g/mol. The van der Waals surface area contributed by atoms with Gasteiger partial charge in [-0.15, -0.1) is 0 Å². The highest BCUT2D eigenvalue weighted by atomic mass is 16.5. The third-order valence-corrected chi connectivity index (χ3v) is 2.75. The summed E-state index contributed by atoms with van der Waals surface area (Å²) in [5, 5.41) is 9.13. The zero-order valence-corrected chi connectivity index (χ0v) is 10.2. The molecule has 1 heterocycles. The summed E-state index contributed by atoms with van der Waals surface area (Å²) < 4.78 is 5.85. The van der Waals surface area contributed by atoms with Gasteiger partial charge in [0, 0.05) is 7.11 Å². The van der Waals surface area contributed by atoms with E-state index in [4.69, 9.17) is 9.84 Å². The van der Waals surface area contributed by atoms with Crippen molar-refractivity contribution in [1.29, 1.82) is 0 Å².